The fraction of sp³-hybridized carbons (Fsp3) is 0.267. The zero-order valence-corrected chi connectivity index (χ0v) is 11.3. The van der Waals surface area contributed by atoms with Crippen molar-refractivity contribution >= 4 is 5.78 Å². The van der Waals surface area contributed by atoms with Crippen LogP contribution in [-0.4, -0.2) is 21.9 Å². The molecule has 2 aromatic rings. The molecule has 0 saturated carbocycles. The van der Waals surface area contributed by atoms with Crippen LogP contribution >= 0.6 is 0 Å². The summed E-state index contributed by atoms with van der Waals surface area (Å²) < 4.78 is 5.53. The monoisotopic (exact) mass is 256 g/mol. The number of hydrogen-bond donors (Lipinski definition) is 0. The van der Waals surface area contributed by atoms with Gasteiger partial charge in [0.15, 0.2) is 0 Å². The van der Waals surface area contributed by atoms with E-state index >= 15 is 0 Å². The van der Waals surface area contributed by atoms with Gasteiger partial charge in [-0.05, 0) is 39.0 Å². The third kappa shape index (κ3) is 3.37. The summed E-state index contributed by atoms with van der Waals surface area (Å²) in [5.74, 6) is 0.443. The minimum atomic E-state index is -0.148. The lowest BCUT2D eigenvalue weighted by atomic mass is 10.1. The smallest absolute Gasteiger partial charge is 0.213 e. The second kappa shape index (κ2) is 5.61. The summed E-state index contributed by atoms with van der Waals surface area (Å²) in [4.78, 5) is 20.5. The highest BCUT2D eigenvalue weighted by Crippen LogP contribution is 2.15. The third-order valence-corrected chi connectivity index (χ3v) is 2.47. The standard InChI is InChI=1S/C15H16N2O2/c1-10(2)19-13-7-12(8-16-9-13)15(18)14-6-4-5-11(3)17-14/h4-10H,1-3H3. The molecule has 0 aliphatic rings. The second-order valence-corrected chi connectivity index (χ2v) is 4.57. The van der Waals surface area contributed by atoms with Crippen molar-refractivity contribution in [1.82, 2.24) is 9.97 Å². The number of carbonyl (C=O) groups excluding carboxylic acids is 1. The van der Waals surface area contributed by atoms with Crippen LogP contribution in [0, 0.1) is 6.92 Å². The average Bonchev–Trinajstić information content (AvgIpc) is 2.37. The van der Waals surface area contributed by atoms with Crippen molar-refractivity contribution in [3.8, 4) is 5.75 Å². The molecular formula is C15H16N2O2. The van der Waals surface area contributed by atoms with E-state index in [1.807, 2.05) is 32.9 Å². The predicted molar refractivity (Wildman–Crippen MR) is 72.4 cm³/mol. The van der Waals surface area contributed by atoms with Crippen molar-refractivity contribution in [2.45, 2.75) is 26.9 Å². The van der Waals surface area contributed by atoms with E-state index in [1.165, 1.54) is 6.20 Å². The quantitative estimate of drug-likeness (QED) is 0.789. The van der Waals surface area contributed by atoms with E-state index < -0.39 is 0 Å². The van der Waals surface area contributed by atoms with E-state index in [0.717, 1.165) is 5.69 Å². The second-order valence-electron chi connectivity index (χ2n) is 4.57. The van der Waals surface area contributed by atoms with Gasteiger partial charge in [-0.3, -0.25) is 9.78 Å². The van der Waals surface area contributed by atoms with Gasteiger partial charge in [-0.2, -0.15) is 0 Å². The van der Waals surface area contributed by atoms with Crippen molar-refractivity contribution in [2.24, 2.45) is 0 Å². The maximum absolute atomic E-state index is 12.3. The van der Waals surface area contributed by atoms with Crippen molar-refractivity contribution < 1.29 is 9.53 Å². The molecule has 4 nitrogen and oxygen atoms in total. The number of ketones is 1. The molecule has 0 aromatic carbocycles. The SMILES string of the molecule is Cc1cccc(C(=O)c2cncc(OC(C)C)c2)n1. The lowest BCUT2D eigenvalue weighted by Crippen LogP contribution is -2.08. The van der Waals surface area contributed by atoms with Crippen molar-refractivity contribution in [1.29, 1.82) is 0 Å². The van der Waals surface area contributed by atoms with Crippen LogP contribution < -0.4 is 4.74 Å². The first kappa shape index (κ1) is 13.2. The summed E-state index contributed by atoms with van der Waals surface area (Å²) in [6, 6.07) is 7.06. The van der Waals surface area contributed by atoms with Crippen molar-refractivity contribution in [3.63, 3.8) is 0 Å². The molecule has 0 N–H and O–H groups in total. The molecule has 0 radical (unpaired) electrons. The normalized spacial score (nSPS) is 10.5. The number of carbonyl (C=O) groups is 1. The molecule has 2 rings (SSSR count). The number of pyridine rings is 2. The van der Waals surface area contributed by atoms with Gasteiger partial charge in [0.25, 0.3) is 0 Å². The molecule has 98 valence electrons. The first-order valence-corrected chi connectivity index (χ1v) is 6.16. The highest BCUT2D eigenvalue weighted by molar-refractivity contribution is 6.07. The lowest BCUT2D eigenvalue weighted by Gasteiger charge is -2.09. The van der Waals surface area contributed by atoms with Gasteiger partial charge in [0, 0.05) is 17.5 Å². The summed E-state index contributed by atoms with van der Waals surface area (Å²) in [5.41, 5.74) is 1.72. The molecule has 0 fully saturated rings. The van der Waals surface area contributed by atoms with E-state index in [4.69, 9.17) is 4.74 Å². The highest BCUT2D eigenvalue weighted by Gasteiger charge is 2.12. The van der Waals surface area contributed by atoms with E-state index in [-0.39, 0.29) is 11.9 Å². The van der Waals surface area contributed by atoms with Crippen LogP contribution in [0.5, 0.6) is 5.75 Å². The first-order chi connectivity index (χ1) is 9.06. The summed E-state index contributed by atoms with van der Waals surface area (Å²) in [7, 11) is 0. The van der Waals surface area contributed by atoms with Crippen molar-refractivity contribution in [3.05, 3.63) is 53.6 Å². The van der Waals surface area contributed by atoms with Crippen LogP contribution in [0.2, 0.25) is 0 Å². The Bertz CT molecular complexity index is 594. The summed E-state index contributed by atoms with van der Waals surface area (Å²) in [6.45, 7) is 5.71. The number of rotatable bonds is 4. The van der Waals surface area contributed by atoms with E-state index in [1.54, 1.807) is 18.3 Å². The van der Waals surface area contributed by atoms with Gasteiger partial charge in [-0.1, -0.05) is 6.07 Å². The zero-order valence-electron chi connectivity index (χ0n) is 11.3. The topological polar surface area (TPSA) is 52.1 Å². The Morgan fingerprint density at radius 2 is 2.05 bits per heavy atom. The Hall–Kier alpha value is -2.23. The maximum atomic E-state index is 12.3. The van der Waals surface area contributed by atoms with Crippen LogP contribution in [0.4, 0.5) is 0 Å². The molecule has 0 bridgehead atoms. The van der Waals surface area contributed by atoms with Crippen molar-refractivity contribution in [2.75, 3.05) is 0 Å². The number of hydrogen-bond acceptors (Lipinski definition) is 4. The van der Waals surface area contributed by atoms with Gasteiger partial charge in [0.1, 0.15) is 11.4 Å². The van der Waals surface area contributed by atoms with Crippen LogP contribution in [-0.2, 0) is 0 Å². The molecule has 0 amide bonds. The van der Waals surface area contributed by atoms with Crippen LogP contribution in [0.25, 0.3) is 0 Å². The van der Waals surface area contributed by atoms with Gasteiger partial charge in [-0.25, -0.2) is 4.98 Å². The largest absolute Gasteiger partial charge is 0.489 e. The fourth-order valence-electron chi connectivity index (χ4n) is 1.70. The van der Waals surface area contributed by atoms with Crippen LogP contribution in [0.3, 0.4) is 0 Å². The average molecular weight is 256 g/mol. The van der Waals surface area contributed by atoms with E-state index in [0.29, 0.717) is 17.0 Å². The Morgan fingerprint density at radius 3 is 2.74 bits per heavy atom. The zero-order chi connectivity index (χ0) is 13.8. The number of aryl methyl sites for hydroxylation is 1. The molecule has 0 aliphatic carbocycles. The van der Waals surface area contributed by atoms with E-state index in [9.17, 15) is 4.79 Å². The summed E-state index contributed by atoms with van der Waals surface area (Å²) in [5, 5.41) is 0. The highest BCUT2D eigenvalue weighted by atomic mass is 16.5. The number of nitrogens with zero attached hydrogens (tertiary/aromatic N) is 2. The van der Waals surface area contributed by atoms with Crippen LogP contribution in [0.1, 0.15) is 35.6 Å². The fourth-order valence-corrected chi connectivity index (χ4v) is 1.70. The Kier molecular flexibility index (Phi) is 3.90. The maximum Gasteiger partial charge on any atom is 0.213 e. The molecule has 2 heterocycles. The van der Waals surface area contributed by atoms with Gasteiger partial charge in [0.2, 0.25) is 5.78 Å². The molecule has 0 saturated heterocycles. The molecule has 0 unspecified atom stereocenters. The summed E-state index contributed by atoms with van der Waals surface area (Å²) >= 11 is 0. The first-order valence-electron chi connectivity index (χ1n) is 6.16. The third-order valence-electron chi connectivity index (χ3n) is 2.47. The Morgan fingerprint density at radius 1 is 1.26 bits per heavy atom. The van der Waals surface area contributed by atoms with Gasteiger partial charge in [0.05, 0.1) is 12.3 Å². The molecule has 0 spiro atoms. The summed E-state index contributed by atoms with van der Waals surface area (Å²) in [6.07, 6.45) is 3.17. The van der Waals surface area contributed by atoms with Gasteiger partial charge in [-0.15, -0.1) is 0 Å². The molecule has 2 aromatic heterocycles. The molecule has 4 heteroatoms. The van der Waals surface area contributed by atoms with Gasteiger partial charge >= 0.3 is 0 Å². The Labute approximate surface area is 112 Å². The van der Waals surface area contributed by atoms with Gasteiger partial charge < -0.3 is 4.74 Å². The lowest BCUT2D eigenvalue weighted by molar-refractivity contribution is 0.103. The number of ether oxygens (including phenoxy) is 1. The molecule has 0 aliphatic heterocycles. The molecular weight excluding hydrogens is 240 g/mol. The Balaban J connectivity index is 2.29. The van der Waals surface area contributed by atoms with Crippen LogP contribution in [0.15, 0.2) is 36.7 Å². The van der Waals surface area contributed by atoms with E-state index in [2.05, 4.69) is 9.97 Å². The molecule has 19 heavy (non-hydrogen) atoms. The minimum Gasteiger partial charge on any atom is -0.489 e. The minimum absolute atomic E-state index is 0.0456. The molecule has 0 atom stereocenters. The predicted octanol–water partition coefficient (Wildman–Crippen LogP) is 2.80. The number of aromatic nitrogens is 2.